The normalized spacial score (nSPS) is 25.8. The van der Waals surface area contributed by atoms with Gasteiger partial charge in [0.25, 0.3) is 0 Å². The Hall–Kier alpha value is -1.11. The Morgan fingerprint density at radius 1 is 1.15 bits per heavy atom. The predicted molar refractivity (Wildman–Crippen MR) is 81.0 cm³/mol. The van der Waals surface area contributed by atoms with Gasteiger partial charge in [-0.1, -0.05) is 0 Å². The average molecular weight is 297 g/mol. The van der Waals surface area contributed by atoms with Gasteiger partial charge < -0.3 is 5.73 Å². The minimum Gasteiger partial charge on any atom is -0.399 e. The number of hydrogen-bond donors (Lipinski definition) is 1. The molecule has 1 aromatic carbocycles. The lowest BCUT2D eigenvalue weighted by Gasteiger charge is -2.41. The van der Waals surface area contributed by atoms with Crippen molar-refractivity contribution in [2.45, 2.75) is 37.8 Å². The van der Waals surface area contributed by atoms with Crippen molar-refractivity contribution >= 4 is 15.7 Å². The van der Waals surface area contributed by atoms with E-state index in [9.17, 15) is 8.42 Å². The van der Waals surface area contributed by atoms with Gasteiger partial charge in [0.15, 0.2) is 0 Å². The van der Waals surface area contributed by atoms with Crippen LogP contribution in [0.1, 0.15) is 19.4 Å². The zero-order valence-electron chi connectivity index (χ0n) is 12.5. The standard InChI is InChI=1S/C14H23N3O2S/c1-10-5-13(15)7-14(6-10)20(18,19)17-8-11(2)16(4)12(3)9-17/h5-7,11-12H,8-9,15H2,1-4H3. The van der Waals surface area contributed by atoms with E-state index in [2.05, 4.69) is 4.90 Å². The molecule has 1 aliphatic rings. The second kappa shape index (κ2) is 5.35. The summed E-state index contributed by atoms with van der Waals surface area (Å²) in [6.45, 7) is 6.96. The number of sulfonamides is 1. The first-order chi connectivity index (χ1) is 9.21. The van der Waals surface area contributed by atoms with Crippen LogP contribution < -0.4 is 5.73 Å². The van der Waals surface area contributed by atoms with Crippen LogP contribution in [0, 0.1) is 6.92 Å². The smallest absolute Gasteiger partial charge is 0.243 e. The molecule has 5 nitrogen and oxygen atoms in total. The van der Waals surface area contributed by atoms with Crippen LogP contribution in [0.5, 0.6) is 0 Å². The maximum atomic E-state index is 12.7. The number of rotatable bonds is 2. The Balaban J connectivity index is 2.35. The Bertz CT molecular complexity index is 568. The molecule has 1 aromatic rings. The summed E-state index contributed by atoms with van der Waals surface area (Å²) in [6.07, 6.45) is 0. The molecule has 112 valence electrons. The van der Waals surface area contributed by atoms with Gasteiger partial charge in [0.1, 0.15) is 0 Å². The van der Waals surface area contributed by atoms with Crippen molar-refractivity contribution in [2.24, 2.45) is 0 Å². The minimum atomic E-state index is -3.47. The van der Waals surface area contributed by atoms with Crippen molar-refractivity contribution in [1.82, 2.24) is 9.21 Å². The Morgan fingerprint density at radius 2 is 1.70 bits per heavy atom. The molecule has 1 fully saturated rings. The summed E-state index contributed by atoms with van der Waals surface area (Å²) in [7, 11) is -1.44. The number of hydrogen-bond acceptors (Lipinski definition) is 4. The number of nitrogen functional groups attached to an aromatic ring is 1. The monoisotopic (exact) mass is 297 g/mol. The minimum absolute atomic E-state index is 0.204. The van der Waals surface area contributed by atoms with Crippen molar-refractivity contribution in [3.8, 4) is 0 Å². The van der Waals surface area contributed by atoms with Crippen LogP contribution in [-0.4, -0.2) is 49.8 Å². The summed E-state index contributed by atoms with van der Waals surface area (Å²) >= 11 is 0. The Kier molecular flexibility index (Phi) is 4.09. The lowest BCUT2D eigenvalue weighted by Crippen LogP contribution is -2.56. The highest BCUT2D eigenvalue weighted by molar-refractivity contribution is 7.89. The van der Waals surface area contributed by atoms with Crippen LogP contribution in [0.2, 0.25) is 0 Å². The molecule has 0 amide bonds. The second-order valence-electron chi connectivity index (χ2n) is 5.76. The number of piperazine rings is 1. The third kappa shape index (κ3) is 2.82. The van der Waals surface area contributed by atoms with Crippen LogP contribution in [0.25, 0.3) is 0 Å². The van der Waals surface area contributed by atoms with E-state index in [1.54, 1.807) is 16.4 Å². The fourth-order valence-corrected chi connectivity index (χ4v) is 4.37. The quantitative estimate of drug-likeness (QED) is 0.835. The fourth-order valence-electron chi connectivity index (χ4n) is 2.63. The van der Waals surface area contributed by atoms with Crippen molar-refractivity contribution in [2.75, 3.05) is 25.9 Å². The zero-order valence-corrected chi connectivity index (χ0v) is 13.3. The highest BCUT2D eigenvalue weighted by atomic mass is 32.2. The molecule has 0 saturated carbocycles. The predicted octanol–water partition coefficient (Wildman–Crippen LogP) is 1.29. The van der Waals surface area contributed by atoms with Crippen LogP contribution in [-0.2, 0) is 10.0 Å². The van der Waals surface area contributed by atoms with Crippen LogP contribution in [0.4, 0.5) is 5.69 Å². The van der Waals surface area contributed by atoms with E-state index in [0.717, 1.165) is 5.56 Å². The van der Waals surface area contributed by atoms with E-state index in [-0.39, 0.29) is 12.1 Å². The van der Waals surface area contributed by atoms with Gasteiger partial charge in [-0.15, -0.1) is 0 Å². The molecule has 2 unspecified atom stereocenters. The molecule has 0 aliphatic carbocycles. The van der Waals surface area contributed by atoms with Gasteiger partial charge in [-0.05, 0) is 51.6 Å². The lowest BCUT2D eigenvalue weighted by molar-refractivity contribution is 0.105. The number of benzene rings is 1. The van der Waals surface area contributed by atoms with E-state index in [4.69, 9.17) is 5.73 Å². The SMILES string of the molecule is Cc1cc(N)cc(S(=O)(=O)N2CC(C)N(C)C(C)C2)c1. The molecule has 0 aromatic heterocycles. The summed E-state index contributed by atoms with van der Waals surface area (Å²) in [6, 6.07) is 5.40. The number of anilines is 1. The molecule has 1 aliphatic heterocycles. The fraction of sp³-hybridized carbons (Fsp3) is 0.571. The highest BCUT2D eigenvalue weighted by Gasteiger charge is 2.34. The molecule has 2 rings (SSSR count). The molecular formula is C14H23N3O2S. The van der Waals surface area contributed by atoms with Gasteiger partial charge in [0, 0.05) is 30.9 Å². The molecule has 2 atom stereocenters. The third-order valence-corrected chi connectivity index (χ3v) is 5.85. The number of nitrogens with two attached hydrogens (primary N) is 1. The van der Waals surface area contributed by atoms with Gasteiger partial charge in [-0.2, -0.15) is 4.31 Å². The van der Waals surface area contributed by atoms with Crippen molar-refractivity contribution in [3.05, 3.63) is 23.8 Å². The average Bonchev–Trinajstić information content (AvgIpc) is 2.34. The Labute approximate surface area is 121 Å². The molecule has 6 heteroatoms. The zero-order chi connectivity index (χ0) is 15.1. The first kappa shape index (κ1) is 15.3. The van der Waals surface area contributed by atoms with Crippen molar-refractivity contribution in [1.29, 1.82) is 0 Å². The summed E-state index contributed by atoms with van der Waals surface area (Å²) in [4.78, 5) is 2.50. The third-order valence-electron chi connectivity index (χ3n) is 4.04. The number of aryl methyl sites for hydroxylation is 1. The van der Waals surface area contributed by atoms with Gasteiger partial charge in [0.2, 0.25) is 10.0 Å². The molecule has 1 heterocycles. The molecule has 2 N–H and O–H groups in total. The maximum Gasteiger partial charge on any atom is 0.243 e. The summed E-state index contributed by atoms with van der Waals surface area (Å²) in [5.41, 5.74) is 7.12. The largest absolute Gasteiger partial charge is 0.399 e. The van der Waals surface area contributed by atoms with Crippen molar-refractivity contribution in [3.63, 3.8) is 0 Å². The molecule has 0 bridgehead atoms. The summed E-state index contributed by atoms with van der Waals surface area (Å²) in [5.74, 6) is 0. The van der Waals surface area contributed by atoms with E-state index in [0.29, 0.717) is 23.7 Å². The number of nitrogens with zero attached hydrogens (tertiary/aromatic N) is 2. The molecule has 0 spiro atoms. The van der Waals surface area contributed by atoms with Crippen LogP contribution in [0.3, 0.4) is 0 Å². The topological polar surface area (TPSA) is 66.6 Å². The first-order valence-electron chi connectivity index (χ1n) is 6.81. The van der Waals surface area contributed by atoms with E-state index >= 15 is 0 Å². The summed E-state index contributed by atoms with van der Waals surface area (Å²) < 4.78 is 27.0. The number of likely N-dealkylation sites (N-methyl/N-ethyl adjacent to an activating group) is 1. The second-order valence-corrected chi connectivity index (χ2v) is 7.70. The Morgan fingerprint density at radius 3 is 2.20 bits per heavy atom. The van der Waals surface area contributed by atoms with Gasteiger partial charge >= 0.3 is 0 Å². The van der Waals surface area contributed by atoms with Crippen LogP contribution in [0.15, 0.2) is 23.1 Å². The van der Waals surface area contributed by atoms with E-state index in [1.807, 2.05) is 27.8 Å². The van der Waals surface area contributed by atoms with Gasteiger partial charge in [-0.25, -0.2) is 8.42 Å². The molecule has 0 radical (unpaired) electrons. The van der Waals surface area contributed by atoms with Crippen molar-refractivity contribution < 1.29 is 8.42 Å². The highest BCUT2D eigenvalue weighted by Crippen LogP contribution is 2.24. The first-order valence-corrected chi connectivity index (χ1v) is 8.25. The molecule has 1 saturated heterocycles. The molecule has 20 heavy (non-hydrogen) atoms. The van der Waals surface area contributed by atoms with E-state index < -0.39 is 10.0 Å². The van der Waals surface area contributed by atoms with Gasteiger partial charge in [0.05, 0.1) is 4.90 Å². The molecular weight excluding hydrogens is 274 g/mol. The lowest BCUT2D eigenvalue weighted by atomic mass is 10.1. The van der Waals surface area contributed by atoms with E-state index in [1.165, 1.54) is 6.07 Å². The van der Waals surface area contributed by atoms with Crippen LogP contribution >= 0.6 is 0 Å². The maximum absolute atomic E-state index is 12.7. The summed E-state index contributed by atoms with van der Waals surface area (Å²) in [5, 5.41) is 0. The van der Waals surface area contributed by atoms with Gasteiger partial charge in [-0.3, -0.25) is 4.90 Å².